The first-order chi connectivity index (χ1) is 6.74. The second-order valence-electron chi connectivity index (χ2n) is 4.21. The third-order valence-corrected chi connectivity index (χ3v) is 3.37. The van der Waals surface area contributed by atoms with Crippen LogP contribution in [0.5, 0.6) is 0 Å². The lowest BCUT2D eigenvalue weighted by atomic mass is 10.0. The summed E-state index contributed by atoms with van der Waals surface area (Å²) in [5.41, 5.74) is 0. The second kappa shape index (κ2) is 6.44. The number of nitrogens with zero attached hydrogens (tertiary/aromatic N) is 1. The third kappa shape index (κ3) is 3.99. The van der Waals surface area contributed by atoms with Crippen LogP contribution in [0.4, 0.5) is 0 Å². The van der Waals surface area contributed by atoms with Crippen molar-refractivity contribution in [3.63, 3.8) is 0 Å². The molecule has 1 heterocycles. The smallest absolute Gasteiger partial charge is 0.222 e. The third-order valence-electron chi connectivity index (χ3n) is 2.92. The monoisotopic (exact) mass is 261 g/mol. The van der Waals surface area contributed by atoms with Crippen molar-refractivity contribution in [1.82, 2.24) is 4.90 Å². The van der Waals surface area contributed by atoms with Gasteiger partial charge in [0.25, 0.3) is 0 Å². The molecular weight excluding hydrogens is 242 g/mol. The molecule has 0 bridgehead atoms. The number of likely N-dealkylation sites (tertiary alicyclic amines) is 1. The van der Waals surface area contributed by atoms with Crippen LogP contribution in [0.3, 0.4) is 0 Å². The van der Waals surface area contributed by atoms with Gasteiger partial charge in [-0.3, -0.25) is 4.79 Å². The highest BCUT2D eigenvalue weighted by atomic mass is 79.9. The minimum Gasteiger partial charge on any atom is -0.343 e. The number of rotatable bonds is 5. The molecule has 82 valence electrons. The topological polar surface area (TPSA) is 20.3 Å². The summed E-state index contributed by atoms with van der Waals surface area (Å²) >= 11 is 3.45. The number of hydrogen-bond acceptors (Lipinski definition) is 1. The molecule has 0 aromatic heterocycles. The Balaban J connectivity index is 2.19. The number of carbonyl (C=O) groups excluding carboxylic acids is 1. The second-order valence-corrected chi connectivity index (χ2v) is 5.00. The van der Waals surface area contributed by atoms with Gasteiger partial charge in [-0.25, -0.2) is 0 Å². The van der Waals surface area contributed by atoms with E-state index < -0.39 is 0 Å². The van der Waals surface area contributed by atoms with E-state index in [4.69, 9.17) is 0 Å². The summed E-state index contributed by atoms with van der Waals surface area (Å²) in [4.78, 5) is 13.5. The summed E-state index contributed by atoms with van der Waals surface area (Å²) in [6, 6.07) is 0. The van der Waals surface area contributed by atoms with Gasteiger partial charge < -0.3 is 4.90 Å². The van der Waals surface area contributed by atoms with Crippen LogP contribution in [0.2, 0.25) is 0 Å². The van der Waals surface area contributed by atoms with Gasteiger partial charge in [-0.15, -0.1) is 0 Å². The van der Waals surface area contributed by atoms with E-state index in [1.165, 1.54) is 12.8 Å². The Kier molecular flexibility index (Phi) is 5.53. The summed E-state index contributed by atoms with van der Waals surface area (Å²) in [5.74, 6) is 1.09. The van der Waals surface area contributed by atoms with E-state index in [1.807, 2.05) is 4.90 Å². The SMILES string of the molecule is CC(CCBr)CCN1CCCCC1=O. The first-order valence-electron chi connectivity index (χ1n) is 5.57. The molecule has 0 N–H and O–H groups in total. The fraction of sp³-hybridized carbons (Fsp3) is 0.909. The Hall–Kier alpha value is -0.0500. The van der Waals surface area contributed by atoms with E-state index >= 15 is 0 Å². The number of piperidine rings is 1. The van der Waals surface area contributed by atoms with E-state index in [1.54, 1.807) is 0 Å². The van der Waals surface area contributed by atoms with Crippen LogP contribution in [-0.2, 0) is 4.79 Å². The molecular formula is C11H20BrNO. The van der Waals surface area contributed by atoms with Crippen LogP contribution in [0.15, 0.2) is 0 Å². The van der Waals surface area contributed by atoms with Crippen LogP contribution < -0.4 is 0 Å². The van der Waals surface area contributed by atoms with E-state index in [0.717, 1.165) is 43.6 Å². The fourth-order valence-corrected chi connectivity index (χ4v) is 2.59. The Labute approximate surface area is 95.2 Å². The van der Waals surface area contributed by atoms with Crippen molar-refractivity contribution in [1.29, 1.82) is 0 Å². The van der Waals surface area contributed by atoms with Crippen molar-refractivity contribution < 1.29 is 4.79 Å². The van der Waals surface area contributed by atoms with Gasteiger partial charge in [0, 0.05) is 24.8 Å². The number of carbonyl (C=O) groups is 1. The molecule has 1 saturated heterocycles. The standard InChI is InChI=1S/C11H20BrNO/c1-10(5-7-12)6-9-13-8-3-2-4-11(13)14/h10H,2-9H2,1H3. The van der Waals surface area contributed by atoms with Gasteiger partial charge in [-0.05, 0) is 31.6 Å². The summed E-state index contributed by atoms with van der Waals surface area (Å²) in [5, 5.41) is 1.07. The Morgan fingerprint density at radius 2 is 2.21 bits per heavy atom. The molecule has 1 atom stereocenters. The number of alkyl halides is 1. The number of amides is 1. The lowest BCUT2D eigenvalue weighted by Gasteiger charge is -2.27. The van der Waals surface area contributed by atoms with Crippen LogP contribution in [0, 0.1) is 5.92 Å². The zero-order valence-electron chi connectivity index (χ0n) is 8.97. The molecule has 1 unspecified atom stereocenters. The van der Waals surface area contributed by atoms with Gasteiger partial charge in [0.15, 0.2) is 0 Å². The average Bonchev–Trinajstić information content (AvgIpc) is 2.17. The lowest BCUT2D eigenvalue weighted by molar-refractivity contribution is -0.133. The molecule has 2 nitrogen and oxygen atoms in total. The highest BCUT2D eigenvalue weighted by molar-refractivity contribution is 9.09. The zero-order valence-corrected chi connectivity index (χ0v) is 10.6. The maximum Gasteiger partial charge on any atom is 0.222 e. The van der Waals surface area contributed by atoms with Crippen molar-refractivity contribution in [3.8, 4) is 0 Å². The predicted molar refractivity (Wildman–Crippen MR) is 62.6 cm³/mol. The molecule has 1 aliphatic rings. The van der Waals surface area contributed by atoms with Gasteiger partial charge >= 0.3 is 0 Å². The van der Waals surface area contributed by atoms with Gasteiger partial charge in [0.1, 0.15) is 0 Å². The molecule has 1 fully saturated rings. The lowest BCUT2D eigenvalue weighted by Crippen LogP contribution is -2.36. The quantitative estimate of drug-likeness (QED) is 0.698. The highest BCUT2D eigenvalue weighted by Gasteiger charge is 2.17. The van der Waals surface area contributed by atoms with E-state index in [0.29, 0.717) is 5.91 Å². The summed E-state index contributed by atoms with van der Waals surface area (Å²) in [7, 11) is 0. The van der Waals surface area contributed by atoms with Crippen LogP contribution >= 0.6 is 15.9 Å². The summed E-state index contributed by atoms with van der Waals surface area (Å²) < 4.78 is 0. The van der Waals surface area contributed by atoms with Crippen LogP contribution in [0.25, 0.3) is 0 Å². The normalized spacial score (nSPS) is 19.9. The fourth-order valence-electron chi connectivity index (χ4n) is 1.81. The van der Waals surface area contributed by atoms with Crippen molar-refractivity contribution in [2.45, 2.75) is 39.0 Å². The minimum absolute atomic E-state index is 0.363. The molecule has 0 spiro atoms. The first-order valence-corrected chi connectivity index (χ1v) is 6.70. The maximum absolute atomic E-state index is 11.5. The van der Waals surface area contributed by atoms with Crippen molar-refractivity contribution >= 4 is 21.8 Å². The van der Waals surface area contributed by atoms with E-state index in [2.05, 4.69) is 22.9 Å². The summed E-state index contributed by atoms with van der Waals surface area (Å²) in [6.07, 6.45) is 5.41. The molecule has 1 amide bonds. The maximum atomic E-state index is 11.5. The van der Waals surface area contributed by atoms with Gasteiger partial charge in [-0.1, -0.05) is 22.9 Å². The molecule has 1 rings (SSSR count). The molecule has 0 aromatic carbocycles. The van der Waals surface area contributed by atoms with E-state index in [9.17, 15) is 4.79 Å². The van der Waals surface area contributed by atoms with Crippen LogP contribution in [-0.4, -0.2) is 29.2 Å². The van der Waals surface area contributed by atoms with Crippen LogP contribution in [0.1, 0.15) is 39.0 Å². The van der Waals surface area contributed by atoms with Gasteiger partial charge in [0.2, 0.25) is 5.91 Å². The summed E-state index contributed by atoms with van der Waals surface area (Å²) in [6.45, 7) is 4.21. The molecule has 0 aromatic rings. The number of hydrogen-bond donors (Lipinski definition) is 0. The van der Waals surface area contributed by atoms with E-state index in [-0.39, 0.29) is 0 Å². The molecule has 14 heavy (non-hydrogen) atoms. The highest BCUT2D eigenvalue weighted by Crippen LogP contribution is 2.14. The first kappa shape index (κ1) is 12.0. The van der Waals surface area contributed by atoms with Crippen molar-refractivity contribution in [2.75, 3.05) is 18.4 Å². The molecule has 3 heteroatoms. The molecule has 0 aliphatic carbocycles. The number of halogens is 1. The molecule has 0 radical (unpaired) electrons. The van der Waals surface area contributed by atoms with Crippen molar-refractivity contribution in [3.05, 3.63) is 0 Å². The molecule has 0 saturated carbocycles. The van der Waals surface area contributed by atoms with Gasteiger partial charge in [-0.2, -0.15) is 0 Å². The minimum atomic E-state index is 0.363. The average molecular weight is 262 g/mol. The van der Waals surface area contributed by atoms with Gasteiger partial charge in [0.05, 0.1) is 0 Å². The molecule has 1 aliphatic heterocycles. The predicted octanol–water partition coefficient (Wildman–Crippen LogP) is 2.81. The zero-order chi connectivity index (χ0) is 10.4. The van der Waals surface area contributed by atoms with Crippen molar-refractivity contribution in [2.24, 2.45) is 5.92 Å². The Bertz CT molecular complexity index is 184. The Morgan fingerprint density at radius 1 is 1.43 bits per heavy atom. The Morgan fingerprint density at radius 3 is 2.86 bits per heavy atom. The largest absolute Gasteiger partial charge is 0.343 e.